The Bertz CT molecular complexity index is 1000. The quantitative estimate of drug-likeness (QED) is 0.637. The van der Waals surface area contributed by atoms with Gasteiger partial charge in [0.05, 0.1) is 26.0 Å². The summed E-state index contributed by atoms with van der Waals surface area (Å²) < 4.78 is 10.9. The van der Waals surface area contributed by atoms with Crippen molar-refractivity contribution in [1.82, 2.24) is 10.3 Å². The van der Waals surface area contributed by atoms with Gasteiger partial charge in [-0.15, -0.1) is 0 Å². The zero-order valence-electron chi connectivity index (χ0n) is 19.7. The molecule has 3 amide bonds. The monoisotopic (exact) mass is 456 g/mol. The summed E-state index contributed by atoms with van der Waals surface area (Å²) in [6, 6.07) is 10.1. The standard InChI is InChI=1S/C21H24N4O4.C3H8O/c1-12-9-15-10-17(28-3)18(29-4)11-16(15)19(24-25(12)21(27)23-2)13-5-7-14(8-6-13)20(22)26;1-2-3-4/h5-8,10-12H,9H2,1-4H3,(H2,22,26)(H,23,27);4H,2-3H2,1H3. The molecule has 178 valence electrons. The number of benzene rings is 2. The van der Waals surface area contributed by atoms with Gasteiger partial charge >= 0.3 is 6.03 Å². The summed E-state index contributed by atoms with van der Waals surface area (Å²) in [4.78, 5) is 23.9. The second kappa shape index (κ2) is 11.9. The Labute approximate surface area is 194 Å². The number of urea groups is 1. The minimum Gasteiger partial charge on any atom is -0.493 e. The molecule has 2 aromatic rings. The van der Waals surface area contributed by atoms with E-state index in [-0.39, 0.29) is 12.1 Å². The molecule has 1 atom stereocenters. The number of nitrogens with zero attached hydrogens (tertiary/aromatic N) is 2. The first-order valence-electron chi connectivity index (χ1n) is 10.7. The molecule has 9 nitrogen and oxygen atoms in total. The molecule has 1 aliphatic rings. The second-order valence-electron chi connectivity index (χ2n) is 7.43. The lowest BCUT2D eigenvalue weighted by atomic mass is 9.93. The van der Waals surface area contributed by atoms with Crippen LogP contribution >= 0.6 is 0 Å². The van der Waals surface area contributed by atoms with Crippen LogP contribution in [-0.4, -0.2) is 61.7 Å². The van der Waals surface area contributed by atoms with Gasteiger partial charge < -0.3 is 25.6 Å². The molecule has 0 aliphatic carbocycles. The number of hydrogen-bond acceptors (Lipinski definition) is 6. The topological polar surface area (TPSA) is 126 Å². The molecule has 0 aromatic heterocycles. The van der Waals surface area contributed by atoms with Crippen molar-refractivity contribution in [2.75, 3.05) is 27.9 Å². The number of fused-ring (bicyclic) bond motifs is 1. The third-order valence-corrected chi connectivity index (χ3v) is 5.09. The van der Waals surface area contributed by atoms with Crippen molar-refractivity contribution >= 4 is 17.6 Å². The van der Waals surface area contributed by atoms with Gasteiger partial charge in [0, 0.05) is 30.3 Å². The van der Waals surface area contributed by atoms with Crippen LogP contribution in [0.3, 0.4) is 0 Å². The number of rotatable bonds is 5. The van der Waals surface area contributed by atoms with Gasteiger partial charge in [-0.2, -0.15) is 5.10 Å². The normalized spacial score (nSPS) is 14.7. The highest BCUT2D eigenvalue weighted by atomic mass is 16.5. The van der Waals surface area contributed by atoms with Crippen LogP contribution in [-0.2, 0) is 6.42 Å². The number of hydrazone groups is 1. The molecule has 1 unspecified atom stereocenters. The van der Waals surface area contributed by atoms with Crippen LogP contribution in [0.25, 0.3) is 0 Å². The van der Waals surface area contributed by atoms with E-state index >= 15 is 0 Å². The molecular weight excluding hydrogens is 424 g/mol. The lowest BCUT2D eigenvalue weighted by molar-refractivity contribution is 0.1000. The maximum Gasteiger partial charge on any atom is 0.337 e. The van der Waals surface area contributed by atoms with Gasteiger partial charge in [0.1, 0.15) is 0 Å². The molecule has 0 fully saturated rings. The smallest absolute Gasteiger partial charge is 0.337 e. The van der Waals surface area contributed by atoms with Crippen molar-refractivity contribution < 1.29 is 24.2 Å². The summed E-state index contributed by atoms with van der Waals surface area (Å²) in [5.41, 5.74) is 8.87. The van der Waals surface area contributed by atoms with Crippen LogP contribution in [0.4, 0.5) is 4.79 Å². The lowest BCUT2D eigenvalue weighted by Crippen LogP contribution is -2.41. The number of aliphatic hydroxyl groups is 1. The zero-order chi connectivity index (χ0) is 24.5. The summed E-state index contributed by atoms with van der Waals surface area (Å²) in [6.45, 7) is 4.18. The molecule has 0 radical (unpaired) electrons. The fraction of sp³-hybridized carbons (Fsp3) is 0.375. The Kier molecular flexibility index (Phi) is 9.23. The molecule has 1 heterocycles. The molecule has 0 saturated heterocycles. The Morgan fingerprint density at radius 3 is 2.24 bits per heavy atom. The average Bonchev–Trinajstić information content (AvgIpc) is 2.98. The molecule has 33 heavy (non-hydrogen) atoms. The summed E-state index contributed by atoms with van der Waals surface area (Å²) >= 11 is 0. The predicted molar refractivity (Wildman–Crippen MR) is 127 cm³/mol. The highest BCUT2D eigenvalue weighted by Crippen LogP contribution is 2.34. The molecular formula is C24H32N4O5. The molecule has 4 N–H and O–H groups in total. The largest absolute Gasteiger partial charge is 0.493 e. The Hall–Kier alpha value is -3.59. The molecule has 1 aliphatic heterocycles. The van der Waals surface area contributed by atoms with E-state index < -0.39 is 5.91 Å². The number of ether oxygens (including phenoxy) is 2. The molecule has 0 saturated carbocycles. The number of nitrogens with one attached hydrogen (secondary N) is 1. The van der Waals surface area contributed by atoms with Crippen molar-refractivity contribution in [2.24, 2.45) is 10.8 Å². The lowest BCUT2D eigenvalue weighted by Gasteiger charge is -2.22. The van der Waals surface area contributed by atoms with Gasteiger partial charge in [-0.25, -0.2) is 9.80 Å². The van der Waals surface area contributed by atoms with Crippen LogP contribution in [0.15, 0.2) is 41.5 Å². The fourth-order valence-electron chi connectivity index (χ4n) is 3.34. The Morgan fingerprint density at radius 2 is 1.76 bits per heavy atom. The van der Waals surface area contributed by atoms with Crippen molar-refractivity contribution in [3.63, 3.8) is 0 Å². The van der Waals surface area contributed by atoms with Gasteiger partial charge in [-0.1, -0.05) is 19.1 Å². The second-order valence-corrected chi connectivity index (χ2v) is 7.43. The molecule has 0 spiro atoms. The van der Waals surface area contributed by atoms with Gasteiger partial charge in [0.25, 0.3) is 0 Å². The van der Waals surface area contributed by atoms with E-state index in [2.05, 4.69) is 10.4 Å². The van der Waals surface area contributed by atoms with E-state index in [9.17, 15) is 9.59 Å². The van der Waals surface area contributed by atoms with Crippen LogP contribution in [0.5, 0.6) is 11.5 Å². The molecule has 2 aromatic carbocycles. The first-order valence-corrected chi connectivity index (χ1v) is 10.7. The van der Waals surface area contributed by atoms with Gasteiger partial charge in [0.15, 0.2) is 11.5 Å². The highest BCUT2D eigenvalue weighted by molar-refractivity contribution is 6.14. The van der Waals surface area contributed by atoms with Crippen molar-refractivity contribution in [1.29, 1.82) is 0 Å². The summed E-state index contributed by atoms with van der Waals surface area (Å²) in [5, 5.41) is 16.6. The average molecular weight is 457 g/mol. The van der Waals surface area contributed by atoms with E-state index in [0.717, 1.165) is 23.1 Å². The minimum atomic E-state index is -0.508. The van der Waals surface area contributed by atoms with Gasteiger partial charge in [-0.05, 0) is 49.6 Å². The number of nitrogens with two attached hydrogens (primary N) is 1. The number of amides is 3. The van der Waals surface area contributed by atoms with Crippen LogP contribution in [0.1, 0.15) is 47.3 Å². The van der Waals surface area contributed by atoms with Crippen LogP contribution in [0.2, 0.25) is 0 Å². The number of carbonyl (C=O) groups is 2. The predicted octanol–water partition coefficient (Wildman–Crippen LogP) is 2.53. The molecule has 3 rings (SSSR count). The van der Waals surface area contributed by atoms with Crippen molar-refractivity contribution in [2.45, 2.75) is 32.7 Å². The van der Waals surface area contributed by atoms with Crippen molar-refractivity contribution in [3.8, 4) is 11.5 Å². The number of hydrogen-bond donors (Lipinski definition) is 3. The number of aliphatic hydroxyl groups excluding tert-OH is 1. The summed E-state index contributed by atoms with van der Waals surface area (Å²) in [6.07, 6.45) is 1.45. The Morgan fingerprint density at radius 1 is 1.18 bits per heavy atom. The number of carbonyl (C=O) groups excluding carboxylic acids is 2. The van der Waals surface area contributed by atoms with E-state index in [4.69, 9.17) is 20.3 Å². The Balaban J connectivity index is 0.000000890. The fourth-order valence-corrected chi connectivity index (χ4v) is 3.34. The van der Waals surface area contributed by atoms with E-state index in [0.29, 0.717) is 35.8 Å². The van der Waals surface area contributed by atoms with Crippen LogP contribution < -0.4 is 20.5 Å². The first kappa shape index (κ1) is 25.7. The minimum absolute atomic E-state index is 0.186. The maximum atomic E-state index is 12.4. The summed E-state index contributed by atoms with van der Waals surface area (Å²) in [7, 11) is 4.72. The van der Waals surface area contributed by atoms with E-state index in [1.165, 1.54) is 5.01 Å². The zero-order valence-corrected chi connectivity index (χ0v) is 19.7. The number of methoxy groups -OCH3 is 2. The third kappa shape index (κ3) is 6.01. The van der Waals surface area contributed by atoms with Crippen LogP contribution in [0, 0.1) is 0 Å². The first-order chi connectivity index (χ1) is 15.8. The highest BCUT2D eigenvalue weighted by Gasteiger charge is 2.28. The molecule has 9 heteroatoms. The summed E-state index contributed by atoms with van der Waals surface area (Å²) in [5.74, 6) is 0.663. The van der Waals surface area contributed by atoms with E-state index in [1.54, 1.807) is 45.5 Å². The van der Waals surface area contributed by atoms with Crippen molar-refractivity contribution in [3.05, 3.63) is 58.7 Å². The SMILES string of the molecule is CCCO.CNC(=O)N1N=C(c2ccc(C(N)=O)cc2)c2cc(OC)c(OC)cc2CC1C. The maximum absolute atomic E-state index is 12.4. The number of primary amides is 1. The van der Waals surface area contributed by atoms with E-state index in [1.807, 2.05) is 26.0 Å². The molecule has 0 bridgehead atoms. The third-order valence-electron chi connectivity index (χ3n) is 5.09. The van der Waals surface area contributed by atoms with Gasteiger partial charge in [0.2, 0.25) is 5.91 Å². The van der Waals surface area contributed by atoms with Gasteiger partial charge in [-0.3, -0.25) is 4.79 Å².